The molecule has 5 rings (SSSR count). The van der Waals surface area contributed by atoms with Gasteiger partial charge >= 0.3 is 0 Å². The number of fused-ring (bicyclic) bond motifs is 1. The van der Waals surface area contributed by atoms with E-state index in [0.717, 1.165) is 55.1 Å². The minimum Gasteiger partial charge on any atom is -0.497 e. The van der Waals surface area contributed by atoms with Crippen molar-refractivity contribution in [1.29, 1.82) is 0 Å². The Morgan fingerprint density at radius 1 is 1.05 bits per heavy atom. The van der Waals surface area contributed by atoms with E-state index in [9.17, 15) is 4.79 Å². The van der Waals surface area contributed by atoms with Gasteiger partial charge in [-0.15, -0.1) is 0 Å². The number of aromatic amines is 1. The Balaban J connectivity index is 1.20. The van der Waals surface area contributed by atoms with Crippen molar-refractivity contribution in [2.24, 2.45) is 0 Å². The summed E-state index contributed by atoms with van der Waals surface area (Å²) in [6, 6.07) is 16.0. The lowest BCUT2D eigenvalue weighted by Gasteiger charge is -2.32. The number of methoxy groups -OCH3 is 1. The van der Waals surface area contributed by atoms with E-state index in [-0.39, 0.29) is 12.5 Å². The van der Waals surface area contributed by atoms with Crippen LogP contribution in [0.2, 0.25) is 0 Å². The lowest BCUT2D eigenvalue weighted by Crippen LogP contribution is -2.38. The van der Waals surface area contributed by atoms with Crippen LogP contribution in [-0.4, -0.2) is 70.6 Å². The van der Waals surface area contributed by atoms with Crippen LogP contribution in [0.1, 0.15) is 18.4 Å². The first-order chi connectivity index (χ1) is 18.1. The second-order valence-corrected chi connectivity index (χ2v) is 9.03. The Bertz CT molecular complexity index is 1330. The third-order valence-electron chi connectivity index (χ3n) is 6.55. The monoisotopic (exact) mass is 501 g/mol. The first-order valence-corrected chi connectivity index (χ1v) is 12.4. The molecule has 0 unspecified atom stereocenters. The smallest absolute Gasteiger partial charge is 0.257 e. The third kappa shape index (κ3) is 5.97. The summed E-state index contributed by atoms with van der Waals surface area (Å²) in [5.41, 5.74) is 3.59. The van der Waals surface area contributed by atoms with Crippen LogP contribution in [0.15, 0.2) is 54.9 Å². The molecule has 2 aromatic carbocycles. The van der Waals surface area contributed by atoms with Crippen molar-refractivity contribution in [3.8, 4) is 22.9 Å². The van der Waals surface area contributed by atoms with Crippen LogP contribution in [0.25, 0.3) is 22.6 Å². The highest BCUT2D eigenvalue weighted by Crippen LogP contribution is 2.26. The van der Waals surface area contributed by atoms with Crippen molar-refractivity contribution in [3.63, 3.8) is 0 Å². The molecule has 37 heavy (non-hydrogen) atoms. The molecule has 0 atom stereocenters. The molecule has 1 amide bonds. The van der Waals surface area contributed by atoms with Gasteiger partial charge in [0.25, 0.3) is 5.91 Å². The molecule has 1 aliphatic heterocycles. The zero-order valence-corrected chi connectivity index (χ0v) is 21.0. The van der Waals surface area contributed by atoms with E-state index in [0.29, 0.717) is 23.3 Å². The molecule has 1 saturated heterocycles. The second-order valence-electron chi connectivity index (χ2n) is 9.03. The predicted molar refractivity (Wildman–Crippen MR) is 142 cm³/mol. The number of likely N-dealkylation sites (tertiary alicyclic amines) is 1. The van der Waals surface area contributed by atoms with Crippen LogP contribution in [0.4, 0.5) is 5.82 Å². The van der Waals surface area contributed by atoms with Crippen molar-refractivity contribution >= 4 is 22.9 Å². The van der Waals surface area contributed by atoms with Gasteiger partial charge in [0.15, 0.2) is 23.6 Å². The van der Waals surface area contributed by atoms with E-state index >= 15 is 0 Å². The zero-order chi connectivity index (χ0) is 25.6. The summed E-state index contributed by atoms with van der Waals surface area (Å²) in [4.78, 5) is 30.8. The van der Waals surface area contributed by atoms with E-state index in [4.69, 9.17) is 14.5 Å². The Labute approximate surface area is 215 Å². The highest BCUT2D eigenvalue weighted by Gasteiger charge is 2.21. The van der Waals surface area contributed by atoms with Crippen LogP contribution in [-0.2, 0) is 11.3 Å². The van der Waals surface area contributed by atoms with Crippen molar-refractivity contribution in [2.45, 2.75) is 25.4 Å². The van der Waals surface area contributed by atoms with Gasteiger partial charge in [-0.2, -0.15) is 0 Å². The number of hydrogen-bond acceptors (Lipinski definition) is 8. The molecule has 0 radical (unpaired) electrons. The molecule has 0 saturated carbocycles. The van der Waals surface area contributed by atoms with Gasteiger partial charge in [-0.3, -0.25) is 9.69 Å². The maximum atomic E-state index is 11.4. The number of carbonyl (C=O) groups is 1. The van der Waals surface area contributed by atoms with E-state index in [1.54, 1.807) is 20.5 Å². The van der Waals surface area contributed by atoms with Gasteiger partial charge in [0, 0.05) is 38.3 Å². The molecule has 3 N–H and O–H groups in total. The Morgan fingerprint density at radius 2 is 1.78 bits per heavy atom. The largest absolute Gasteiger partial charge is 0.497 e. The first-order valence-electron chi connectivity index (χ1n) is 12.4. The normalized spacial score (nSPS) is 14.4. The summed E-state index contributed by atoms with van der Waals surface area (Å²) >= 11 is 0. The second kappa shape index (κ2) is 11.3. The van der Waals surface area contributed by atoms with Gasteiger partial charge in [-0.1, -0.05) is 12.1 Å². The van der Waals surface area contributed by atoms with Crippen LogP contribution in [0, 0.1) is 0 Å². The van der Waals surface area contributed by atoms with Gasteiger partial charge in [0.2, 0.25) is 0 Å². The Morgan fingerprint density at radius 3 is 2.49 bits per heavy atom. The molecule has 1 aliphatic rings. The molecule has 192 valence electrons. The average Bonchev–Trinajstić information content (AvgIpc) is 3.39. The number of imidazole rings is 1. The minimum atomic E-state index is -0.178. The fraction of sp³-hybridized carbons (Fsp3) is 0.333. The molecule has 10 nitrogen and oxygen atoms in total. The number of nitrogens with one attached hydrogen (secondary N) is 3. The van der Waals surface area contributed by atoms with Gasteiger partial charge in [-0.25, -0.2) is 15.0 Å². The highest BCUT2D eigenvalue weighted by molar-refractivity contribution is 5.85. The number of H-pyrrole nitrogens is 1. The third-order valence-corrected chi connectivity index (χ3v) is 6.55. The fourth-order valence-electron chi connectivity index (χ4n) is 4.42. The first kappa shape index (κ1) is 24.5. The van der Waals surface area contributed by atoms with Gasteiger partial charge in [0.05, 0.1) is 7.11 Å². The number of benzene rings is 2. The van der Waals surface area contributed by atoms with Crippen LogP contribution < -0.4 is 20.1 Å². The number of piperidine rings is 1. The zero-order valence-electron chi connectivity index (χ0n) is 21.0. The SMILES string of the molecule is CNC(=O)COc1ccc(-c2nc3c(NC4CCN(Cc5ccc(OC)cc5)CC4)ncnc3[nH]2)cc1. The number of anilines is 1. The summed E-state index contributed by atoms with van der Waals surface area (Å²) in [7, 11) is 3.27. The van der Waals surface area contributed by atoms with Crippen molar-refractivity contribution in [3.05, 3.63) is 60.4 Å². The lowest BCUT2D eigenvalue weighted by atomic mass is 10.0. The number of aromatic nitrogens is 4. The number of amides is 1. The molecule has 2 aromatic heterocycles. The summed E-state index contributed by atoms with van der Waals surface area (Å²) in [6.45, 7) is 2.94. The van der Waals surface area contributed by atoms with Crippen LogP contribution >= 0.6 is 0 Å². The van der Waals surface area contributed by atoms with Crippen molar-refractivity contribution < 1.29 is 14.3 Å². The highest BCUT2D eigenvalue weighted by atomic mass is 16.5. The van der Waals surface area contributed by atoms with E-state index < -0.39 is 0 Å². The van der Waals surface area contributed by atoms with Crippen molar-refractivity contribution in [2.75, 3.05) is 39.2 Å². The number of carbonyl (C=O) groups excluding carboxylic acids is 1. The van der Waals surface area contributed by atoms with Crippen LogP contribution in [0.5, 0.6) is 11.5 Å². The van der Waals surface area contributed by atoms with Crippen LogP contribution in [0.3, 0.4) is 0 Å². The Hall–Kier alpha value is -4.18. The number of nitrogens with zero attached hydrogens (tertiary/aromatic N) is 4. The molecule has 0 spiro atoms. The predicted octanol–water partition coefficient (Wildman–Crippen LogP) is 3.23. The topological polar surface area (TPSA) is 117 Å². The van der Waals surface area contributed by atoms with Crippen molar-refractivity contribution in [1.82, 2.24) is 30.2 Å². The maximum Gasteiger partial charge on any atom is 0.257 e. The maximum absolute atomic E-state index is 11.4. The summed E-state index contributed by atoms with van der Waals surface area (Å²) in [5.74, 6) is 2.76. The fourth-order valence-corrected chi connectivity index (χ4v) is 4.42. The van der Waals surface area contributed by atoms with E-state index in [1.165, 1.54) is 5.56 Å². The number of hydrogen-bond donors (Lipinski definition) is 3. The summed E-state index contributed by atoms with van der Waals surface area (Å²) in [5, 5.41) is 6.13. The summed E-state index contributed by atoms with van der Waals surface area (Å²) in [6.07, 6.45) is 3.61. The lowest BCUT2D eigenvalue weighted by molar-refractivity contribution is -0.122. The van der Waals surface area contributed by atoms with E-state index in [2.05, 4.69) is 42.6 Å². The molecule has 4 aromatic rings. The van der Waals surface area contributed by atoms with E-state index in [1.807, 2.05) is 36.4 Å². The summed E-state index contributed by atoms with van der Waals surface area (Å²) < 4.78 is 10.7. The molecule has 0 bridgehead atoms. The Kier molecular flexibility index (Phi) is 7.46. The average molecular weight is 502 g/mol. The number of likely N-dealkylation sites (N-methyl/N-ethyl adjacent to an activating group) is 1. The molecular weight excluding hydrogens is 470 g/mol. The molecular formula is C27H31N7O3. The molecule has 10 heteroatoms. The molecule has 1 fully saturated rings. The quantitative estimate of drug-likeness (QED) is 0.320. The number of ether oxygens (including phenoxy) is 2. The minimum absolute atomic E-state index is 0.0223. The standard InChI is InChI=1S/C27H31N7O3/c1-28-23(35)16-37-22-9-5-19(6-10-22)25-32-24-26(29-17-30-27(24)33-25)31-20-11-13-34(14-12-20)15-18-3-7-21(36-2)8-4-18/h3-10,17,20H,11-16H2,1-2H3,(H,28,35)(H2,29,30,31,32,33). The molecule has 3 heterocycles. The van der Waals surface area contributed by atoms with Gasteiger partial charge < -0.3 is 25.1 Å². The van der Waals surface area contributed by atoms with Gasteiger partial charge in [0.1, 0.15) is 23.7 Å². The number of rotatable bonds is 9. The molecule has 0 aliphatic carbocycles. The van der Waals surface area contributed by atoms with Gasteiger partial charge in [-0.05, 0) is 54.8 Å².